The normalized spacial score (nSPS) is 22.1. The van der Waals surface area contributed by atoms with Crippen LogP contribution in [0.3, 0.4) is 0 Å². The third-order valence-electron chi connectivity index (χ3n) is 3.30. The van der Waals surface area contributed by atoms with E-state index in [-0.39, 0.29) is 0 Å². The molecule has 2 heteroatoms. The molecule has 2 atom stereocenters. The molecule has 14 heavy (non-hydrogen) atoms. The van der Waals surface area contributed by atoms with Crippen molar-refractivity contribution in [2.24, 2.45) is 0 Å². The molecule has 0 radical (unpaired) electrons. The number of benzene rings is 1. The quantitative estimate of drug-likeness (QED) is 0.790. The molecule has 1 aromatic rings. The van der Waals surface area contributed by atoms with Gasteiger partial charge in [0.1, 0.15) is 0 Å². The van der Waals surface area contributed by atoms with Crippen LogP contribution in [0.15, 0.2) is 18.2 Å². The molecule has 1 aliphatic carbocycles. The molecule has 0 aliphatic heterocycles. The molecule has 2 unspecified atom stereocenters. The van der Waals surface area contributed by atoms with Crippen molar-refractivity contribution in [3.63, 3.8) is 0 Å². The summed E-state index contributed by atoms with van der Waals surface area (Å²) in [6.07, 6.45) is 2.40. The Hall–Kier alpha value is -0.530. The van der Waals surface area contributed by atoms with Crippen LogP contribution in [0.2, 0.25) is 5.02 Å². The molecule has 0 spiro atoms. The largest absolute Gasteiger partial charge is 0.317 e. The first-order valence-electron chi connectivity index (χ1n) is 5.18. The van der Waals surface area contributed by atoms with Crippen molar-refractivity contribution < 1.29 is 0 Å². The van der Waals surface area contributed by atoms with Crippen LogP contribution >= 0.6 is 11.6 Å². The minimum absolute atomic E-state index is 0.510. The van der Waals surface area contributed by atoms with Crippen LogP contribution in [-0.2, 0) is 6.42 Å². The molecule has 1 aromatic carbocycles. The summed E-state index contributed by atoms with van der Waals surface area (Å²) in [6.45, 7) is 2.23. The van der Waals surface area contributed by atoms with Crippen molar-refractivity contribution in [2.45, 2.75) is 31.7 Å². The Morgan fingerprint density at radius 3 is 3.00 bits per heavy atom. The lowest BCUT2D eigenvalue weighted by molar-refractivity contribution is 0.492. The van der Waals surface area contributed by atoms with Crippen molar-refractivity contribution in [3.05, 3.63) is 34.3 Å². The summed E-state index contributed by atoms with van der Waals surface area (Å²) in [7, 11) is 2.01. The molecule has 0 amide bonds. The fraction of sp³-hybridized carbons (Fsp3) is 0.500. The first-order valence-corrected chi connectivity index (χ1v) is 5.56. The Bertz CT molecular complexity index is 335. The molecule has 0 saturated heterocycles. The van der Waals surface area contributed by atoms with E-state index in [1.54, 1.807) is 0 Å². The standard InChI is InChI=1S/C12H16ClN/c1-8(14-2)10-7-6-9-4-3-5-11(13)12(9)10/h3-5,8,10,14H,6-7H2,1-2H3. The Balaban J connectivity index is 2.38. The van der Waals surface area contributed by atoms with E-state index in [4.69, 9.17) is 11.6 Å². The first kappa shape index (κ1) is 10.0. The highest BCUT2D eigenvalue weighted by molar-refractivity contribution is 6.31. The summed E-state index contributed by atoms with van der Waals surface area (Å²) >= 11 is 6.24. The zero-order valence-corrected chi connectivity index (χ0v) is 9.43. The van der Waals surface area contributed by atoms with Gasteiger partial charge in [0, 0.05) is 17.0 Å². The number of hydrogen-bond donors (Lipinski definition) is 1. The number of hydrogen-bond acceptors (Lipinski definition) is 1. The maximum Gasteiger partial charge on any atom is 0.0444 e. The summed E-state index contributed by atoms with van der Waals surface area (Å²) in [5.74, 6) is 0.587. The third-order valence-corrected chi connectivity index (χ3v) is 3.63. The monoisotopic (exact) mass is 209 g/mol. The average Bonchev–Trinajstić information content (AvgIpc) is 2.62. The summed E-state index contributed by atoms with van der Waals surface area (Å²) in [4.78, 5) is 0. The average molecular weight is 210 g/mol. The van der Waals surface area contributed by atoms with Gasteiger partial charge >= 0.3 is 0 Å². The van der Waals surface area contributed by atoms with E-state index >= 15 is 0 Å². The second kappa shape index (κ2) is 3.92. The van der Waals surface area contributed by atoms with Crippen LogP contribution in [0, 0.1) is 0 Å². The van der Waals surface area contributed by atoms with Crippen LogP contribution in [0.5, 0.6) is 0 Å². The van der Waals surface area contributed by atoms with Gasteiger partial charge < -0.3 is 5.32 Å². The molecule has 0 aromatic heterocycles. The molecule has 0 heterocycles. The highest BCUT2D eigenvalue weighted by Crippen LogP contribution is 2.39. The van der Waals surface area contributed by atoms with Gasteiger partial charge in [0.05, 0.1) is 0 Å². The number of nitrogens with one attached hydrogen (secondary N) is 1. The zero-order valence-electron chi connectivity index (χ0n) is 8.68. The van der Waals surface area contributed by atoms with Crippen molar-refractivity contribution in [1.82, 2.24) is 5.32 Å². The molecule has 0 fully saturated rings. The van der Waals surface area contributed by atoms with Crippen LogP contribution in [-0.4, -0.2) is 13.1 Å². The number of rotatable bonds is 2. The van der Waals surface area contributed by atoms with E-state index < -0.39 is 0 Å². The minimum atomic E-state index is 0.510. The van der Waals surface area contributed by atoms with Crippen LogP contribution in [0.25, 0.3) is 0 Å². The van der Waals surface area contributed by atoms with Gasteiger partial charge in [-0.2, -0.15) is 0 Å². The minimum Gasteiger partial charge on any atom is -0.317 e. The summed E-state index contributed by atoms with van der Waals surface area (Å²) in [6, 6.07) is 6.76. The fourth-order valence-electron chi connectivity index (χ4n) is 2.37. The van der Waals surface area contributed by atoms with Crippen molar-refractivity contribution >= 4 is 11.6 Å². The molecule has 1 aliphatic rings. The van der Waals surface area contributed by atoms with E-state index in [2.05, 4.69) is 18.3 Å². The topological polar surface area (TPSA) is 12.0 Å². The Morgan fingerprint density at radius 1 is 1.50 bits per heavy atom. The highest BCUT2D eigenvalue weighted by Gasteiger charge is 2.28. The molecule has 76 valence electrons. The lowest BCUT2D eigenvalue weighted by atomic mass is 9.94. The van der Waals surface area contributed by atoms with Crippen molar-refractivity contribution in [3.8, 4) is 0 Å². The zero-order chi connectivity index (χ0) is 10.1. The molecular weight excluding hydrogens is 194 g/mol. The van der Waals surface area contributed by atoms with E-state index in [9.17, 15) is 0 Å². The second-order valence-electron chi connectivity index (χ2n) is 4.04. The number of aryl methyl sites for hydroxylation is 1. The first-order chi connectivity index (χ1) is 6.74. The van der Waals surface area contributed by atoms with Gasteiger partial charge in [-0.3, -0.25) is 0 Å². The van der Waals surface area contributed by atoms with E-state index in [1.807, 2.05) is 19.2 Å². The predicted molar refractivity (Wildman–Crippen MR) is 61.0 cm³/mol. The predicted octanol–water partition coefficient (Wildman–Crippen LogP) is 2.98. The fourth-order valence-corrected chi connectivity index (χ4v) is 2.71. The molecule has 0 saturated carbocycles. The summed E-state index contributed by atoms with van der Waals surface area (Å²) in [5, 5.41) is 4.25. The number of likely N-dealkylation sites (N-methyl/N-ethyl adjacent to an activating group) is 1. The summed E-state index contributed by atoms with van der Waals surface area (Å²) < 4.78 is 0. The van der Waals surface area contributed by atoms with Gasteiger partial charge in [-0.1, -0.05) is 23.7 Å². The van der Waals surface area contributed by atoms with Crippen LogP contribution in [0.1, 0.15) is 30.4 Å². The Kier molecular flexibility index (Phi) is 2.80. The van der Waals surface area contributed by atoms with E-state index in [0.29, 0.717) is 12.0 Å². The van der Waals surface area contributed by atoms with Gasteiger partial charge in [-0.15, -0.1) is 0 Å². The summed E-state index contributed by atoms with van der Waals surface area (Å²) in [5.41, 5.74) is 2.81. The Morgan fingerprint density at radius 2 is 2.29 bits per heavy atom. The highest BCUT2D eigenvalue weighted by atomic mass is 35.5. The van der Waals surface area contributed by atoms with Crippen molar-refractivity contribution in [1.29, 1.82) is 0 Å². The molecule has 2 rings (SSSR count). The maximum absolute atomic E-state index is 6.24. The van der Waals surface area contributed by atoms with E-state index in [0.717, 1.165) is 5.02 Å². The molecule has 1 nitrogen and oxygen atoms in total. The van der Waals surface area contributed by atoms with Crippen molar-refractivity contribution in [2.75, 3.05) is 7.05 Å². The number of fused-ring (bicyclic) bond motifs is 1. The smallest absolute Gasteiger partial charge is 0.0444 e. The van der Waals surface area contributed by atoms with Crippen LogP contribution < -0.4 is 5.32 Å². The maximum atomic E-state index is 6.24. The SMILES string of the molecule is CNC(C)C1CCc2cccc(Cl)c21. The molecule has 0 bridgehead atoms. The third kappa shape index (κ3) is 1.55. The second-order valence-corrected chi connectivity index (χ2v) is 4.44. The van der Waals surface area contributed by atoms with Gasteiger partial charge in [0.15, 0.2) is 0 Å². The lowest BCUT2D eigenvalue weighted by Crippen LogP contribution is -2.27. The lowest BCUT2D eigenvalue weighted by Gasteiger charge is -2.20. The van der Waals surface area contributed by atoms with Crippen LogP contribution in [0.4, 0.5) is 0 Å². The van der Waals surface area contributed by atoms with Gasteiger partial charge in [-0.05, 0) is 44.0 Å². The molecule has 1 N–H and O–H groups in total. The molecular formula is C12H16ClN. The van der Waals surface area contributed by atoms with Gasteiger partial charge in [-0.25, -0.2) is 0 Å². The Labute approximate surface area is 90.5 Å². The van der Waals surface area contributed by atoms with Gasteiger partial charge in [0.25, 0.3) is 0 Å². The number of halogens is 1. The van der Waals surface area contributed by atoms with E-state index in [1.165, 1.54) is 24.0 Å². The van der Waals surface area contributed by atoms with Gasteiger partial charge in [0.2, 0.25) is 0 Å².